The van der Waals surface area contributed by atoms with Crippen LogP contribution in [0, 0.1) is 0 Å². The number of methoxy groups -OCH3 is 3. The maximum absolute atomic E-state index is 12.5. The molecule has 3 saturated heterocycles. The lowest BCUT2D eigenvalue weighted by Gasteiger charge is -2.43. The van der Waals surface area contributed by atoms with Gasteiger partial charge >= 0.3 is 0 Å². The van der Waals surface area contributed by atoms with Crippen LogP contribution in [0.25, 0.3) is 0 Å². The lowest BCUT2D eigenvalue weighted by molar-refractivity contribution is -0.299. The molecule has 2 unspecified atom stereocenters. The minimum atomic E-state index is -5.24. The molecule has 0 radical (unpaired) electrons. The van der Waals surface area contributed by atoms with Crippen molar-refractivity contribution in [1.29, 1.82) is 0 Å². The number of ether oxygens (including phenoxy) is 10. The van der Waals surface area contributed by atoms with Crippen molar-refractivity contribution in [3.63, 3.8) is 0 Å². The van der Waals surface area contributed by atoms with E-state index in [9.17, 15) is 13.0 Å². The summed E-state index contributed by atoms with van der Waals surface area (Å²) >= 11 is 0. The fourth-order valence-electron chi connectivity index (χ4n) is 7.69. The molecule has 0 amide bonds. The minimum absolute atomic E-state index is 0.0841. The normalized spacial score (nSPS) is 27.5. The summed E-state index contributed by atoms with van der Waals surface area (Å²) in [4.78, 5) is 0. The van der Waals surface area contributed by atoms with Gasteiger partial charge in [0.1, 0.15) is 65.4 Å². The van der Waals surface area contributed by atoms with E-state index in [1.165, 1.54) is 0 Å². The van der Waals surface area contributed by atoms with E-state index in [0.29, 0.717) is 24.5 Å². The second-order valence-corrected chi connectivity index (χ2v) is 18.8. The summed E-state index contributed by atoms with van der Waals surface area (Å²) in [6.07, 6.45) is -5.93. The molecule has 4 aromatic rings. The van der Waals surface area contributed by atoms with Gasteiger partial charge < -0.3 is 51.9 Å². The summed E-state index contributed by atoms with van der Waals surface area (Å²) in [6.45, 7) is 4.78. The molecule has 3 heterocycles. The topological polar surface area (TPSA) is 159 Å². The van der Waals surface area contributed by atoms with E-state index in [2.05, 4.69) is 0 Å². The van der Waals surface area contributed by atoms with Crippen LogP contribution in [0.3, 0.4) is 0 Å². The zero-order valence-electron chi connectivity index (χ0n) is 34.9. The number of rotatable bonds is 19. The van der Waals surface area contributed by atoms with Crippen LogP contribution in [0.15, 0.2) is 103 Å². The van der Waals surface area contributed by atoms with E-state index in [0.717, 1.165) is 33.9 Å². The van der Waals surface area contributed by atoms with Crippen molar-refractivity contribution < 1.29 is 64.5 Å². The summed E-state index contributed by atoms with van der Waals surface area (Å²) in [5.41, 5.74) is 3.55. The fraction of sp³-hybridized carbons (Fsp3) is 0.467. The van der Waals surface area contributed by atoms with E-state index >= 15 is 0 Å². The van der Waals surface area contributed by atoms with E-state index < -0.39 is 70.0 Å². The van der Waals surface area contributed by atoms with Crippen molar-refractivity contribution in [2.45, 2.75) is 87.6 Å². The molecule has 3 aliphatic rings. The van der Waals surface area contributed by atoms with Gasteiger partial charge in [-0.05, 0) is 66.9 Å². The Labute approximate surface area is 360 Å². The highest BCUT2D eigenvalue weighted by Gasteiger charge is 2.57. The Morgan fingerprint density at radius 2 is 1.28 bits per heavy atom. The van der Waals surface area contributed by atoms with Gasteiger partial charge in [0.15, 0.2) is 17.3 Å². The Morgan fingerprint density at radius 1 is 0.721 bits per heavy atom. The van der Waals surface area contributed by atoms with Crippen LogP contribution in [0.4, 0.5) is 0 Å². The standard InChI is InChI=1S/C45H54O14S2/c1-45(2)55-26-37(58-45)42-43(59-61(46,47)48)39(56-44(57-42)33-9-7-6-8-10-33)29-60-28-38(53-24-31-13-19-35(50-4)20-14-31)41(54-25-32-15-21-36(51-5)22-16-32)40(60)27-52-23-30-11-17-34(49-3)18-12-30/h6-22,37-44H,23-29H2,1-5H3/t37-,38-,39+,40-,41+,42-,43-,44?,60?/m1/s1. The average Bonchev–Trinajstić information content (AvgIpc) is 3.80. The number of benzene rings is 4. The molecule has 330 valence electrons. The van der Waals surface area contributed by atoms with Crippen molar-refractivity contribution in [1.82, 2.24) is 0 Å². The third-order valence-electron chi connectivity index (χ3n) is 10.8. The summed E-state index contributed by atoms with van der Waals surface area (Å²) < 4.78 is 104. The van der Waals surface area contributed by atoms with Crippen molar-refractivity contribution >= 4 is 21.3 Å². The predicted octanol–water partition coefficient (Wildman–Crippen LogP) is 5.88. The Balaban J connectivity index is 1.21. The summed E-state index contributed by atoms with van der Waals surface area (Å²) in [7, 11) is -1.01. The first kappa shape index (κ1) is 45.3. The Hall–Kier alpha value is -3.78. The zero-order valence-corrected chi connectivity index (χ0v) is 36.5. The highest BCUT2D eigenvalue weighted by atomic mass is 32.3. The molecule has 16 heteroatoms. The molecule has 0 spiro atoms. The molecule has 0 bridgehead atoms. The second kappa shape index (κ2) is 20.6. The molecule has 0 aromatic heterocycles. The van der Waals surface area contributed by atoms with Crippen LogP contribution in [0.5, 0.6) is 17.2 Å². The van der Waals surface area contributed by atoms with Gasteiger partial charge in [-0.15, -0.1) is 0 Å². The van der Waals surface area contributed by atoms with Crippen LogP contribution >= 0.6 is 0 Å². The largest absolute Gasteiger partial charge is 0.726 e. The smallest absolute Gasteiger partial charge is 0.218 e. The first-order valence-corrected chi connectivity index (χ1v) is 23.0. The molecule has 0 aliphatic carbocycles. The van der Waals surface area contributed by atoms with E-state index in [-0.39, 0.29) is 30.8 Å². The van der Waals surface area contributed by atoms with Crippen molar-refractivity contribution in [3.8, 4) is 17.2 Å². The molecule has 0 saturated carbocycles. The van der Waals surface area contributed by atoms with E-state index in [1.807, 2.05) is 103 Å². The highest BCUT2D eigenvalue weighted by molar-refractivity contribution is 7.97. The molecular weight excluding hydrogens is 829 g/mol. The molecule has 4 aromatic carbocycles. The first-order valence-electron chi connectivity index (χ1n) is 20.1. The molecule has 7 rings (SSSR count). The zero-order chi connectivity index (χ0) is 43.0. The number of hydrogen-bond donors (Lipinski definition) is 0. The second-order valence-electron chi connectivity index (χ2n) is 15.4. The van der Waals surface area contributed by atoms with Gasteiger partial charge in [0, 0.05) is 16.5 Å². The quantitative estimate of drug-likeness (QED) is 0.0625. The van der Waals surface area contributed by atoms with Crippen LogP contribution < -0.4 is 14.2 Å². The molecule has 0 N–H and O–H groups in total. The molecule has 3 aliphatic heterocycles. The Bertz CT molecular complexity index is 2070. The van der Waals surface area contributed by atoms with Gasteiger partial charge in [0.25, 0.3) is 0 Å². The maximum atomic E-state index is 12.5. The molecule has 9 atom stereocenters. The van der Waals surface area contributed by atoms with Crippen LogP contribution in [0.1, 0.15) is 42.4 Å². The fourth-order valence-corrected chi connectivity index (χ4v) is 11.2. The average molecular weight is 883 g/mol. The third-order valence-corrected chi connectivity index (χ3v) is 14.1. The highest BCUT2D eigenvalue weighted by Crippen LogP contribution is 2.40. The Kier molecular flexibility index (Phi) is 15.3. The van der Waals surface area contributed by atoms with E-state index in [1.54, 1.807) is 35.2 Å². The van der Waals surface area contributed by atoms with Gasteiger partial charge in [-0.25, -0.2) is 8.42 Å². The monoisotopic (exact) mass is 882 g/mol. The maximum Gasteiger partial charge on any atom is 0.218 e. The van der Waals surface area contributed by atoms with E-state index in [4.69, 9.17) is 51.6 Å². The lowest BCUT2D eigenvalue weighted by atomic mass is 10.0. The summed E-state index contributed by atoms with van der Waals surface area (Å²) in [5, 5.41) is -0.257. The molecular formula is C45H54O14S2. The van der Waals surface area contributed by atoms with Gasteiger partial charge in [-0.1, -0.05) is 66.7 Å². The summed E-state index contributed by atoms with van der Waals surface area (Å²) in [5.74, 6) is 2.02. The predicted molar refractivity (Wildman–Crippen MR) is 225 cm³/mol. The lowest BCUT2D eigenvalue weighted by Crippen LogP contribution is -2.57. The molecule has 3 fully saturated rings. The molecule has 14 nitrogen and oxygen atoms in total. The van der Waals surface area contributed by atoms with Crippen LogP contribution in [0.2, 0.25) is 0 Å². The SMILES string of the molecule is COc1ccc(COC[C@@H]2[C@@H](OCc3ccc(OC)cc3)[C@H](OCc3ccc(OC)cc3)C[S+]2C[C@@H]2OC(c3ccccc3)O[C@H]([C@H]3COC(C)(C)O3)[C@@H]2OS(=O)(=O)[O-])cc1. The van der Waals surface area contributed by atoms with Crippen molar-refractivity contribution in [2.24, 2.45) is 0 Å². The van der Waals surface area contributed by atoms with Crippen LogP contribution in [-0.2, 0) is 78.5 Å². The first-order chi connectivity index (χ1) is 29.4. The third kappa shape index (κ3) is 12.2. The van der Waals surface area contributed by atoms with Gasteiger partial charge in [0.05, 0.1) is 54.4 Å². The van der Waals surface area contributed by atoms with Crippen molar-refractivity contribution in [2.75, 3.05) is 46.0 Å². The van der Waals surface area contributed by atoms with Crippen LogP contribution in [-0.4, -0.2) is 107 Å². The van der Waals surface area contributed by atoms with Gasteiger partial charge in [0.2, 0.25) is 10.4 Å². The minimum Gasteiger partial charge on any atom is -0.726 e. The molecule has 61 heavy (non-hydrogen) atoms. The van der Waals surface area contributed by atoms with Gasteiger partial charge in [-0.3, -0.25) is 4.18 Å². The number of hydrogen-bond acceptors (Lipinski definition) is 14. The summed E-state index contributed by atoms with van der Waals surface area (Å²) in [6, 6.07) is 32.4. The Morgan fingerprint density at radius 3 is 1.80 bits per heavy atom. The van der Waals surface area contributed by atoms with Gasteiger partial charge in [-0.2, -0.15) is 0 Å². The van der Waals surface area contributed by atoms with Crippen molar-refractivity contribution in [3.05, 3.63) is 125 Å².